The van der Waals surface area contributed by atoms with Crippen LogP contribution >= 0.6 is 0 Å². The Labute approximate surface area is 128 Å². The van der Waals surface area contributed by atoms with E-state index in [0.717, 1.165) is 19.6 Å². The monoisotopic (exact) mass is 280 g/mol. The summed E-state index contributed by atoms with van der Waals surface area (Å²) >= 11 is 0. The van der Waals surface area contributed by atoms with Crippen LogP contribution in [0.25, 0.3) is 0 Å². The van der Waals surface area contributed by atoms with Gasteiger partial charge in [0, 0.05) is 37.1 Å². The van der Waals surface area contributed by atoms with Crippen molar-refractivity contribution < 1.29 is 0 Å². The SMILES string of the molecule is CCCC1CN(c2ccccc2)CCN1c1ccccc1. The molecular weight excluding hydrogens is 256 g/mol. The lowest BCUT2D eigenvalue weighted by Gasteiger charge is -2.44. The minimum Gasteiger partial charge on any atom is -0.368 e. The first-order valence-electron chi connectivity index (χ1n) is 8.00. The van der Waals surface area contributed by atoms with Crippen LogP contribution in [-0.4, -0.2) is 25.7 Å². The van der Waals surface area contributed by atoms with E-state index < -0.39 is 0 Å². The first-order valence-corrected chi connectivity index (χ1v) is 8.00. The highest BCUT2D eigenvalue weighted by atomic mass is 15.3. The molecule has 2 nitrogen and oxygen atoms in total. The first kappa shape index (κ1) is 14.0. The smallest absolute Gasteiger partial charge is 0.0465 e. The van der Waals surface area contributed by atoms with Gasteiger partial charge in [0.15, 0.2) is 0 Å². The van der Waals surface area contributed by atoms with E-state index in [-0.39, 0.29) is 0 Å². The molecule has 21 heavy (non-hydrogen) atoms. The van der Waals surface area contributed by atoms with Crippen molar-refractivity contribution >= 4 is 11.4 Å². The zero-order chi connectivity index (χ0) is 14.5. The standard InChI is InChI=1S/C19H24N2/c1-2-9-19-16-20(17-10-5-3-6-11-17)14-15-21(19)18-12-7-4-8-13-18/h3-8,10-13,19H,2,9,14-16H2,1H3. The second kappa shape index (κ2) is 6.66. The van der Waals surface area contributed by atoms with E-state index in [0.29, 0.717) is 6.04 Å². The molecule has 2 heteroatoms. The number of nitrogens with zero attached hydrogens (tertiary/aromatic N) is 2. The molecule has 110 valence electrons. The number of anilines is 2. The highest BCUT2D eigenvalue weighted by Gasteiger charge is 2.26. The molecule has 0 aromatic heterocycles. The molecule has 1 aliphatic heterocycles. The number of hydrogen-bond acceptors (Lipinski definition) is 2. The summed E-state index contributed by atoms with van der Waals surface area (Å²) in [6, 6.07) is 22.3. The third kappa shape index (κ3) is 3.21. The normalized spacial score (nSPS) is 18.8. The molecule has 0 N–H and O–H groups in total. The zero-order valence-corrected chi connectivity index (χ0v) is 12.8. The van der Waals surface area contributed by atoms with Crippen LogP contribution < -0.4 is 9.80 Å². The predicted molar refractivity (Wildman–Crippen MR) is 91.1 cm³/mol. The minimum absolute atomic E-state index is 0.603. The lowest BCUT2D eigenvalue weighted by Crippen LogP contribution is -2.53. The van der Waals surface area contributed by atoms with Crippen LogP contribution in [0.4, 0.5) is 11.4 Å². The van der Waals surface area contributed by atoms with Gasteiger partial charge in [-0.3, -0.25) is 0 Å². The van der Waals surface area contributed by atoms with Gasteiger partial charge in [-0.2, -0.15) is 0 Å². The van der Waals surface area contributed by atoms with E-state index in [1.54, 1.807) is 0 Å². The molecule has 0 bridgehead atoms. The number of benzene rings is 2. The number of para-hydroxylation sites is 2. The van der Waals surface area contributed by atoms with Crippen LogP contribution in [-0.2, 0) is 0 Å². The van der Waals surface area contributed by atoms with Crippen LogP contribution in [0.15, 0.2) is 60.7 Å². The van der Waals surface area contributed by atoms with Gasteiger partial charge in [-0.25, -0.2) is 0 Å². The average molecular weight is 280 g/mol. The van der Waals surface area contributed by atoms with Gasteiger partial charge in [0.1, 0.15) is 0 Å². The quantitative estimate of drug-likeness (QED) is 0.829. The first-order chi connectivity index (χ1) is 10.4. The van der Waals surface area contributed by atoms with Crippen LogP contribution in [0.2, 0.25) is 0 Å². The maximum atomic E-state index is 2.59. The molecule has 0 amide bonds. The highest BCUT2D eigenvalue weighted by molar-refractivity contribution is 5.52. The van der Waals surface area contributed by atoms with Crippen molar-refractivity contribution in [1.82, 2.24) is 0 Å². The van der Waals surface area contributed by atoms with Crippen LogP contribution in [0.5, 0.6) is 0 Å². The average Bonchev–Trinajstić information content (AvgIpc) is 2.57. The van der Waals surface area contributed by atoms with E-state index in [9.17, 15) is 0 Å². The Morgan fingerprint density at radius 1 is 0.857 bits per heavy atom. The van der Waals surface area contributed by atoms with E-state index in [4.69, 9.17) is 0 Å². The molecule has 1 unspecified atom stereocenters. The Morgan fingerprint density at radius 3 is 2.10 bits per heavy atom. The predicted octanol–water partition coefficient (Wildman–Crippen LogP) is 4.18. The number of piperazine rings is 1. The van der Waals surface area contributed by atoms with Crippen molar-refractivity contribution in [3.05, 3.63) is 60.7 Å². The van der Waals surface area contributed by atoms with Gasteiger partial charge < -0.3 is 9.80 Å². The molecule has 1 atom stereocenters. The summed E-state index contributed by atoms with van der Waals surface area (Å²) < 4.78 is 0. The lowest BCUT2D eigenvalue weighted by molar-refractivity contribution is 0.489. The van der Waals surface area contributed by atoms with Crippen molar-refractivity contribution in [3.8, 4) is 0 Å². The molecule has 2 aromatic carbocycles. The fourth-order valence-corrected chi connectivity index (χ4v) is 3.27. The van der Waals surface area contributed by atoms with Crippen molar-refractivity contribution in [2.75, 3.05) is 29.4 Å². The molecule has 0 radical (unpaired) electrons. The van der Waals surface area contributed by atoms with Crippen molar-refractivity contribution in [3.63, 3.8) is 0 Å². The van der Waals surface area contributed by atoms with E-state index in [1.165, 1.54) is 24.2 Å². The maximum Gasteiger partial charge on any atom is 0.0465 e. The summed E-state index contributed by atoms with van der Waals surface area (Å²) in [6.07, 6.45) is 2.48. The fraction of sp³-hybridized carbons (Fsp3) is 0.368. The second-order valence-electron chi connectivity index (χ2n) is 5.75. The summed E-state index contributed by atoms with van der Waals surface area (Å²) in [4.78, 5) is 5.11. The van der Waals surface area contributed by atoms with Gasteiger partial charge >= 0.3 is 0 Å². The van der Waals surface area contributed by atoms with E-state index >= 15 is 0 Å². The molecule has 1 heterocycles. The highest BCUT2D eigenvalue weighted by Crippen LogP contribution is 2.25. The van der Waals surface area contributed by atoms with Gasteiger partial charge in [-0.15, -0.1) is 0 Å². The molecule has 1 saturated heterocycles. The lowest BCUT2D eigenvalue weighted by atomic mass is 10.0. The molecule has 1 aliphatic rings. The van der Waals surface area contributed by atoms with Crippen LogP contribution in [0, 0.1) is 0 Å². The van der Waals surface area contributed by atoms with Gasteiger partial charge in [-0.05, 0) is 30.7 Å². The van der Waals surface area contributed by atoms with E-state index in [2.05, 4.69) is 77.4 Å². The maximum absolute atomic E-state index is 2.59. The third-order valence-corrected chi connectivity index (χ3v) is 4.31. The topological polar surface area (TPSA) is 6.48 Å². The van der Waals surface area contributed by atoms with Crippen molar-refractivity contribution in [2.24, 2.45) is 0 Å². The molecule has 1 fully saturated rings. The third-order valence-electron chi connectivity index (χ3n) is 4.31. The van der Waals surface area contributed by atoms with Crippen molar-refractivity contribution in [2.45, 2.75) is 25.8 Å². The second-order valence-corrected chi connectivity index (χ2v) is 5.75. The largest absolute Gasteiger partial charge is 0.368 e. The molecule has 0 aliphatic carbocycles. The van der Waals surface area contributed by atoms with E-state index in [1.807, 2.05) is 0 Å². The van der Waals surface area contributed by atoms with Crippen LogP contribution in [0.3, 0.4) is 0 Å². The molecule has 3 rings (SSSR count). The summed E-state index contributed by atoms with van der Waals surface area (Å²) in [5.41, 5.74) is 2.72. The molecular formula is C19H24N2. The van der Waals surface area contributed by atoms with Crippen LogP contribution in [0.1, 0.15) is 19.8 Å². The van der Waals surface area contributed by atoms with Crippen molar-refractivity contribution in [1.29, 1.82) is 0 Å². The van der Waals surface area contributed by atoms with Gasteiger partial charge in [-0.1, -0.05) is 49.7 Å². The summed E-state index contributed by atoms with van der Waals surface area (Å²) in [5, 5.41) is 0. The molecule has 0 saturated carbocycles. The number of hydrogen-bond donors (Lipinski definition) is 0. The summed E-state index contributed by atoms with van der Waals surface area (Å²) in [6.45, 7) is 5.60. The Morgan fingerprint density at radius 2 is 1.48 bits per heavy atom. The minimum atomic E-state index is 0.603. The van der Waals surface area contributed by atoms with Gasteiger partial charge in [0.25, 0.3) is 0 Å². The van der Waals surface area contributed by atoms with Gasteiger partial charge in [0.05, 0.1) is 0 Å². The Balaban J connectivity index is 1.77. The molecule has 2 aromatic rings. The Kier molecular flexibility index (Phi) is 4.44. The Hall–Kier alpha value is -1.96. The Bertz CT molecular complexity index is 538. The molecule has 0 spiro atoms. The zero-order valence-electron chi connectivity index (χ0n) is 12.8. The van der Waals surface area contributed by atoms with Gasteiger partial charge in [0.2, 0.25) is 0 Å². The number of rotatable bonds is 4. The summed E-state index contributed by atoms with van der Waals surface area (Å²) in [5.74, 6) is 0. The summed E-state index contributed by atoms with van der Waals surface area (Å²) in [7, 11) is 0. The fourth-order valence-electron chi connectivity index (χ4n) is 3.27.